The molecule has 38 valence electrons. The van der Waals surface area contributed by atoms with Crippen molar-refractivity contribution in [1.29, 1.82) is 0 Å². The molecule has 0 unspecified atom stereocenters. The van der Waals surface area contributed by atoms with Crippen LogP contribution in [0.4, 0.5) is 0 Å². The van der Waals surface area contributed by atoms with Crippen LogP contribution in [0, 0.1) is 0 Å². The van der Waals surface area contributed by atoms with E-state index in [0.29, 0.717) is 20.4 Å². The van der Waals surface area contributed by atoms with E-state index in [1.807, 2.05) is 0 Å². The van der Waals surface area contributed by atoms with E-state index >= 15 is 0 Å². The summed E-state index contributed by atoms with van der Waals surface area (Å²) in [5.41, 5.74) is 0. The zero-order chi connectivity index (χ0) is 4.24. The Balaban J connectivity index is 0. The molecule has 1 aliphatic heterocycles. The first-order chi connectivity index (χ1) is 3.00. The van der Waals surface area contributed by atoms with Crippen LogP contribution in [0.1, 0.15) is 1.43 Å². The van der Waals surface area contributed by atoms with Crippen LogP contribution in [0.15, 0.2) is 0 Å². The van der Waals surface area contributed by atoms with Gasteiger partial charge in [-0.2, -0.15) is 0 Å². The molecule has 0 amide bonds. The van der Waals surface area contributed by atoms with Crippen LogP contribution in [0.25, 0.3) is 0 Å². The molecule has 1 rings (SSSR count). The average molecular weight is 114 g/mol. The molecule has 0 aliphatic carbocycles. The third-order valence-electron chi connectivity index (χ3n) is 0.500. The third kappa shape index (κ3) is 3.46. The van der Waals surface area contributed by atoms with E-state index in [4.69, 9.17) is 0 Å². The molecule has 0 radical (unpaired) electrons. The maximum Gasteiger partial charge on any atom is 1.00 e. The maximum absolute atomic E-state index is 4.62. The number of ether oxygens (including phenoxy) is 3. The summed E-state index contributed by atoms with van der Waals surface area (Å²) in [7, 11) is 0. The van der Waals surface area contributed by atoms with E-state index in [2.05, 4.69) is 14.2 Å². The van der Waals surface area contributed by atoms with Gasteiger partial charge in [0.25, 0.3) is 0 Å². The van der Waals surface area contributed by atoms with Gasteiger partial charge in [0.2, 0.25) is 0 Å². The predicted octanol–water partition coefficient (Wildman–Crippen LogP) is -2.96. The number of rotatable bonds is 0. The molecule has 1 aliphatic rings. The van der Waals surface area contributed by atoms with Gasteiger partial charge in [-0.25, -0.2) is 0 Å². The molecule has 0 aromatic heterocycles. The average Bonchev–Trinajstić information content (AvgIpc) is 1.72. The van der Waals surface area contributed by atoms with E-state index < -0.39 is 0 Å². The summed E-state index contributed by atoms with van der Waals surface area (Å²) < 4.78 is 13.9. The van der Waals surface area contributed by atoms with Crippen molar-refractivity contribution in [2.45, 2.75) is 0 Å². The zero-order valence-electron chi connectivity index (χ0n) is 5.35. The van der Waals surface area contributed by atoms with E-state index in [0.717, 1.165) is 0 Å². The van der Waals surface area contributed by atoms with Gasteiger partial charge in [0, 0.05) is 0 Å². The van der Waals surface area contributed by atoms with Gasteiger partial charge in [0.1, 0.15) is 0 Å². The SMILES string of the molecule is C1OCOCO1.[H-].[Na+]. The summed E-state index contributed by atoms with van der Waals surface area (Å²) in [6, 6.07) is 0. The molecule has 1 fully saturated rings. The summed E-state index contributed by atoms with van der Waals surface area (Å²) in [6.07, 6.45) is 0. The number of hydrogen-bond donors (Lipinski definition) is 0. The van der Waals surface area contributed by atoms with Crippen molar-refractivity contribution in [2.24, 2.45) is 0 Å². The minimum atomic E-state index is 0. The molecule has 0 bridgehead atoms. The second kappa shape index (κ2) is 5.03. The fourth-order valence-electron chi connectivity index (χ4n) is 0.279. The van der Waals surface area contributed by atoms with Crippen LogP contribution in [0.5, 0.6) is 0 Å². The minimum Gasteiger partial charge on any atom is -1.00 e. The molecule has 3 nitrogen and oxygen atoms in total. The molecule has 0 aromatic carbocycles. The Morgan fingerprint density at radius 1 is 0.857 bits per heavy atom. The third-order valence-corrected chi connectivity index (χ3v) is 0.500. The fraction of sp³-hybridized carbons (Fsp3) is 1.00. The van der Waals surface area contributed by atoms with E-state index in [1.165, 1.54) is 0 Å². The van der Waals surface area contributed by atoms with E-state index in [1.54, 1.807) is 0 Å². The van der Waals surface area contributed by atoms with Gasteiger partial charge in [-0.1, -0.05) is 0 Å². The molecule has 7 heavy (non-hydrogen) atoms. The van der Waals surface area contributed by atoms with Crippen LogP contribution >= 0.6 is 0 Å². The smallest absolute Gasteiger partial charge is 1.00 e. The first-order valence-corrected chi connectivity index (χ1v) is 1.73. The summed E-state index contributed by atoms with van der Waals surface area (Å²) >= 11 is 0. The Bertz CT molecular complexity index is 30.0. The van der Waals surface area contributed by atoms with Crippen molar-refractivity contribution >= 4 is 0 Å². The van der Waals surface area contributed by atoms with Gasteiger partial charge >= 0.3 is 29.6 Å². The van der Waals surface area contributed by atoms with Gasteiger partial charge in [-0.15, -0.1) is 0 Å². The van der Waals surface area contributed by atoms with E-state index in [9.17, 15) is 0 Å². The predicted molar refractivity (Wildman–Crippen MR) is 19.0 cm³/mol. The Hall–Kier alpha value is 0.880. The van der Waals surface area contributed by atoms with Crippen molar-refractivity contribution < 1.29 is 45.2 Å². The molecule has 0 aromatic rings. The van der Waals surface area contributed by atoms with Crippen LogP contribution in [0.2, 0.25) is 0 Å². The Morgan fingerprint density at radius 3 is 1.29 bits per heavy atom. The largest absolute Gasteiger partial charge is 1.00 e. The number of hydrogen-bond acceptors (Lipinski definition) is 3. The van der Waals surface area contributed by atoms with Crippen LogP contribution in [0.3, 0.4) is 0 Å². The van der Waals surface area contributed by atoms with Crippen LogP contribution in [-0.4, -0.2) is 20.4 Å². The minimum absolute atomic E-state index is 0. The maximum atomic E-state index is 4.62. The molecular formula is C3H7NaO3. The molecular weight excluding hydrogens is 107 g/mol. The molecule has 0 N–H and O–H groups in total. The van der Waals surface area contributed by atoms with Gasteiger partial charge in [0.05, 0.1) is 0 Å². The summed E-state index contributed by atoms with van der Waals surface area (Å²) in [5.74, 6) is 0. The van der Waals surface area contributed by atoms with Gasteiger partial charge in [-0.3, -0.25) is 0 Å². The topological polar surface area (TPSA) is 27.7 Å². The first kappa shape index (κ1) is 7.88. The van der Waals surface area contributed by atoms with Crippen LogP contribution in [-0.2, 0) is 14.2 Å². The molecule has 1 heterocycles. The second-order valence-corrected chi connectivity index (χ2v) is 0.966. The summed E-state index contributed by atoms with van der Waals surface area (Å²) in [6.45, 7) is 1.12. The fourth-order valence-corrected chi connectivity index (χ4v) is 0.279. The molecule has 0 spiro atoms. The van der Waals surface area contributed by atoms with E-state index in [-0.39, 0.29) is 31.0 Å². The zero-order valence-corrected chi connectivity index (χ0v) is 6.35. The molecule has 0 atom stereocenters. The molecule has 0 saturated carbocycles. The van der Waals surface area contributed by atoms with Crippen LogP contribution < -0.4 is 29.6 Å². The quantitative estimate of drug-likeness (QED) is 0.315. The summed E-state index contributed by atoms with van der Waals surface area (Å²) in [4.78, 5) is 0. The summed E-state index contributed by atoms with van der Waals surface area (Å²) in [5, 5.41) is 0. The van der Waals surface area contributed by atoms with Crippen molar-refractivity contribution in [3.05, 3.63) is 0 Å². The molecule has 1 saturated heterocycles. The Labute approximate surface area is 65.7 Å². The Kier molecular flexibility index (Phi) is 5.66. The van der Waals surface area contributed by atoms with Crippen molar-refractivity contribution in [3.63, 3.8) is 0 Å². The van der Waals surface area contributed by atoms with Gasteiger partial charge in [-0.05, 0) is 0 Å². The standard InChI is InChI=1S/C3H6O3.Na.H/c1-4-2-6-3-5-1;;/h1-3H2;;/q;+1;-1. The van der Waals surface area contributed by atoms with Gasteiger partial charge in [0.15, 0.2) is 20.4 Å². The normalized spacial score (nSPS) is 20.6. The second-order valence-electron chi connectivity index (χ2n) is 0.966. The Morgan fingerprint density at radius 2 is 1.14 bits per heavy atom. The first-order valence-electron chi connectivity index (χ1n) is 1.73. The van der Waals surface area contributed by atoms with Crippen molar-refractivity contribution in [1.82, 2.24) is 0 Å². The van der Waals surface area contributed by atoms with Gasteiger partial charge < -0.3 is 15.6 Å². The van der Waals surface area contributed by atoms with Crippen molar-refractivity contribution in [2.75, 3.05) is 20.4 Å². The monoisotopic (exact) mass is 114 g/mol. The van der Waals surface area contributed by atoms with Crippen molar-refractivity contribution in [3.8, 4) is 0 Å². The molecule has 4 heteroatoms.